The zero-order valence-corrected chi connectivity index (χ0v) is 42.4. The van der Waals surface area contributed by atoms with Crippen LogP contribution in [0.4, 0.5) is 0 Å². The third kappa shape index (κ3) is 52.4. The minimum absolute atomic E-state index is 0.0192. The summed E-state index contributed by atoms with van der Waals surface area (Å²) in [4.78, 5) is 25.4. The van der Waals surface area contributed by atoms with Crippen LogP contribution in [-0.2, 0) is 23.8 Å². The quantitative estimate of drug-likeness (QED) is 0.0346. The van der Waals surface area contributed by atoms with Crippen molar-refractivity contribution in [2.24, 2.45) is 0 Å². The summed E-state index contributed by atoms with van der Waals surface area (Å²) >= 11 is 0. The van der Waals surface area contributed by atoms with Crippen LogP contribution in [0.2, 0.25) is 0 Å². The first-order valence-corrected chi connectivity index (χ1v) is 26.4. The summed E-state index contributed by atoms with van der Waals surface area (Å²) in [5.74, 6) is -0.544. The molecule has 5 heteroatoms. The predicted octanol–water partition coefficient (Wildman–Crippen LogP) is 18.1. The maximum Gasteiger partial charge on any atom is 0.306 e. The Balaban J connectivity index is 4.48. The summed E-state index contributed by atoms with van der Waals surface area (Å²) in [5, 5.41) is 0. The van der Waals surface area contributed by atoms with Gasteiger partial charge in [0, 0.05) is 19.4 Å². The van der Waals surface area contributed by atoms with Crippen molar-refractivity contribution in [3.05, 3.63) is 146 Å². The molecule has 0 aliphatic heterocycles. The van der Waals surface area contributed by atoms with Crippen molar-refractivity contribution in [1.82, 2.24) is 0 Å². The lowest BCUT2D eigenvalue weighted by atomic mass is 10.1. The highest BCUT2D eigenvalue weighted by atomic mass is 16.6. The highest BCUT2D eigenvalue weighted by molar-refractivity contribution is 5.70. The van der Waals surface area contributed by atoms with Gasteiger partial charge in [0.15, 0.2) is 6.10 Å². The molecule has 0 heterocycles. The first-order valence-electron chi connectivity index (χ1n) is 26.4. The highest BCUT2D eigenvalue weighted by Crippen LogP contribution is 2.12. The average molecular weight is 909 g/mol. The molecule has 0 rings (SSSR count). The number of unbranched alkanes of at least 4 members (excludes halogenated alkanes) is 11. The number of ether oxygens (including phenoxy) is 3. The van der Waals surface area contributed by atoms with E-state index in [-0.39, 0.29) is 31.6 Å². The zero-order valence-electron chi connectivity index (χ0n) is 42.4. The minimum atomic E-state index is -0.619. The van der Waals surface area contributed by atoms with Gasteiger partial charge >= 0.3 is 11.9 Å². The number of carbonyl (C=O) groups is 2. The second-order valence-corrected chi connectivity index (χ2v) is 16.7. The molecule has 1 atom stereocenters. The average Bonchev–Trinajstić information content (AvgIpc) is 3.32. The first kappa shape index (κ1) is 61.8. The standard InChI is InChI=1S/C61H96O5/c1-4-7-10-13-16-19-22-25-27-29-30-31-33-35-38-41-44-47-50-53-56-64-57-59(66-61(63)55-52-49-46-43-40-36-24-21-18-15-12-9-6-3)58-65-60(62)54-51-48-45-42-39-37-34-32-28-26-23-20-17-14-11-8-5-2/h7,9-10,12,16-21,25-28,30-31,35-36,38,40,44,46-47,49,59H,4-6,8,11,13-15,22-24,29,32-34,37,39,41-43,45,48,50-58H2,1-3H3/b10-7-,12-9-,19-16-,20-17-,21-18-,27-25-,28-26-,31-30-,38-35-,40-36-,47-44-,49-46-. The second kappa shape index (κ2) is 55.1. The van der Waals surface area contributed by atoms with E-state index in [1.165, 1.54) is 51.4 Å². The summed E-state index contributed by atoms with van der Waals surface area (Å²) in [5.41, 5.74) is 0. The zero-order chi connectivity index (χ0) is 47.7. The van der Waals surface area contributed by atoms with Crippen LogP contribution >= 0.6 is 0 Å². The maximum absolute atomic E-state index is 12.8. The fraction of sp³-hybridized carbons (Fsp3) is 0.574. The van der Waals surface area contributed by atoms with Crippen LogP contribution in [0.5, 0.6) is 0 Å². The van der Waals surface area contributed by atoms with E-state index in [1.807, 2.05) is 6.08 Å². The molecule has 5 nitrogen and oxygen atoms in total. The molecule has 0 saturated heterocycles. The number of hydrogen-bond acceptors (Lipinski definition) is 5. The number of carbonyl (C=O) groups excluding carboxylic acids is 2. The number of rotatable bonds is 46. The molecule has 0 radical (unpaired) electrons. The molecule has 0 spiro atoms. The van der Waals surface area contributed by atoms with E-state index < -0.39 is 6.10 Å². The third-order valence-corrected chi connectivity index (χ3v) is 10.4. The lowest BCUT2D eigenvalue weighted by Crippen LogP contribution is -2.30. The van der Waals surface area contributed by atoms with Gasteiger partial charge in [-0.15, -0.1) is 0 Å². The van der Waals surface area contributed by atoms with Gasteiger partial charge in [0.1, 0.15) is 6.61 Å². The van der Waals surface area contributed by atoms with E-state index in [4.69, 9.17) is 14.2 Å². The van der Waals surface area contributed by atoms with Crippen LogP contribution in [0.15, 0.2) is 146 Å². The summed E-state index contributed by atoms with van der Waals surface area (Å²) < 4.78 is 17.3. The fourth-order valence-corrected chi connectivity index (χ4v) is 6.51. The number of allylic oxidation sites excluding steroid dienone is 24. The van der Waals surface area contributed by atoms with Gasteiger partial charge in [-0.2, -0.15) is 0 Å². The Morgan fingerprint density at radius 1 is 0.348 bits per heavy atom. The molecule has 0 N–H and O–H groups in total. The molecular formula is C61H96O5. The predicted molar refractivity (Wildman–Crippen MR) is 288 cm³/mol. The molecule has 370 valence electrons. The van der Waals surface area contributed by atoms with Gasteiger partial charge in [-0.1, -0.05) is 212 Å². The molecule has 0 saturated carbocycles. The van der Waals surface area contributed by atoms with Crippen LogP contribution in [0, 0.1) is 0 Å². The van der Waals surface area contributed by atoms with Gasteiger partial charge in [-0.25, -0.2) is 0 Å². The minimum Gasteiger partial charge on any atom is -0.462 e. The largest absolute Gasteiger partial charge is 0.462 e. The molecule has 0 fully saturated rings. The third-order valence-electron chi connectivity index (χ3n) is 10.4. The Morgan fingerprint density at radius 2 is 0.712 bits per heavy atom. The molecule has 0 bridgehead atoms. The Hall–Kier alpha value is -4.22. The molecular weight excluding hydrogens is 813 g/mol. The van der Waals surface area contributed by atoms with Crippen LogP contribution in [0.3, 0.4) is 0 Å². The Labute approximate surface area is 406 Å². The lowest BCUT2D eigenvalue weighted by Gasteiger charge is -2.18. The second-order valence-electron chi connectivity index (χ2n) is 16.7. The number of esters is 2. The van der Waals surface area contributed by atoms with E-state index in [9.17, 15) is 9.59 Å². The molecule has 66 heavy (non-hydrogen) atoms. The van der Waals surface area contributed by atoms with Crippen molar-refractivity contribution in [3.8, 4) is 0 Å². The van der Waals surface area contributed by atoms with Gasteiger partial charge in [-0.05, 0) is 122 Å². The van der Waals surface area contributed by atoms with Crippen molar-refractivity contribution in [2.75, 3.05) is 19.8 Å². The fourth-order valence-electron chi connectivity index (χ4n) is 6.51. The Kier molecular flexibility index (Phi) is 51.6. The van der Waals surface area contributed by atoms with Crippen LogP contribution in [0.25, 0.3) is 0 Å². The van der Waals surface area contributed by atoms with Crippen LogP contribution < -0.4 is 0 Å². The smallest absolute Gasteiger partial charge is 0.306 e. The van der Waals surface area contributed by atoms with E-state index in [1.54, 1.807) is 0 Å². The summed E-state index contributed by atoms with van der Waals surface area (Å²) in [6.45, 7) is 7.32. The normalized spacial score (nSPS) is 13.4. The maximum atomic E-state index is 12.8. The van der Waals surface area contributed by atoms with Crippen molar-refractivity contribution in [2.45, 2.75) is 207 Å². The van der Waals surface area contributed by atoms with E-state index in [0.717, 1.165) is 109 Å². The van der Waals surface area contributed by atoms with Gasteiger partial charge in [0.25, 0.3) is 0 Å². The number of hydrogen-bond donors (Lipinski definition) is 0. The van der Waals surface area contributed by atoms with Crippen molar-refractivity contribution >= 4 is 11.9 Å². The molecule has 0 aliphatic rings. The van der Waals surface area contributed by atoms with Crippen LogP contribution in [-0.4, -0.2) is 37.9 Å². The Bertz CT molecular complexity index is 1450. The van der Waals surface area contributed by atoms with Crippen molar-refractivity contribution in [3.63, 3.8) is 0 Å². The van der Waals surface area contributed by atoms with Gasteiger partial charge in [0.2, 0.25) is 0 Å². The van der Waals surface area contributed by atoms with Gasteiger partial charge in [-0.3, -0.25) is 9.59 Å². The van der Waals surface area contributed by atoms with Crippen molar-refractivity contribution in [1.29, 1.82) is 0 Å². The Morgan fingerprint density at radius 3 is 1.15 bits per heavy atom. The molecule has 0 aromatic rings. The van der Waals surface area contributed by atoms with Gasteiger partial charge in [0.05, 0.1) is 6.61 Å². The lowest BCUT2D eigenvalue weighted by molar-refractivity contribution is -0.162. The topological polar surface area (TPSA) is 61.8 Å². The summed E-state index contributed by atoms with van der Waals surface area (Å²) in [7, 11) is 0. The molecule has 1 unspecified atom stereocenters. The SMILES string of the molecule is CC/C=C\C/C=C\C/C=C\C/C=C\C/C=C\C/C=C\CCCOCC(COC(=O)CCCCCCCCC/C=C\C/C=C\CCCCC)OC(=O)CC/C=C\C/C=C\C/C=C\C/C=C\CC. The van der Waals surface area contributed by atoms with E-state index >= 15 is 0 Å². The first-order chi connectivity index (χ1) is 32.6. The van der Waals surface area contributed by atoms with Crippen molar-refractivity contribution < 1.29 is 23.8 Å². The molecule has 0 amide bonds. The molecule has 0 aromatic carbocycles. The van der Waals surface area contributed by atoms with Crippen LogP contribution in [0.1, 0.15) is 201 Å². The molecule has 0 aliphatic carbocycles. The molecule has 0 aromatic heterocycles. The summed E-state index contributed by atoms with van der Waals surface area (Å²) in [6, 6.07) is 0. The summed E-state index contributed by atoms with van der Waals surface area (Å²) in [6.07, 6.45) is 80.3. The van der Waals surface area contributed by atoms with E-state index in [2.05, 4.69) is 161 Å². The van der Waals surface area contributed by atoms with E-state index in [0.29, 0.717) is 19.4 Å². The highest BCUT2D eigenvalue weighted by Gasteiger charge is 2.17. The van der Waals surface area contributed by atoms with Gasteiger partial charge < -0.3 is 14.2 Å². The monoisotopic (exact) mass is 909 g/mol.